The summed E-state index contributed by atoms with van der Waals surface area (Å²) in [6.07, 6.45) is -5.08. The number of carbonyl (C=O) groups excluding carboxylic acids is 2. The van der Waals surface area contributed by atoms with E-state index in [0.29, 0.717) is 10.0 Å². The molecule has 0 bridgehead atoms. The number of aromatic nitrogens is 2. The van der Waals surface area contributed by atoms with Gasteiger partial charge in [0.25, 0.3) is 0 Å². The van der Waals surface area contributed by atoms with Gasteiger partial charge in [-0.25, -0.2) is 0 Å². The molecule has 3 rings (SSSR count). The van der Waals surface area contributed by atoms with Crippen molar-refractivity contribution < 1.29 is 27.5 Å². The minimum atomic E-state index is -4.97. The van der Waals surface area contributed by atoms with E-state index in [1.807, 2.05) is 30.3 Å². The lowest BCUT2D eigenvalue weighted by molar-refractivity contribution is -0.274. The molecule has 1 atom stereocenters. The molecule has 6 nitrogen and oxygen atoms in total. The van der Waals surface area contributed by atoms with Crippen molar-refractivity contribution in [2.24, 2.45) is 0 Å². The molecule has 11 heteroatoms. The van der Waals surface area contributed by atoms with Gasteiger partial charge in [-0.15, -0.1) is 35.0 Å². The predicted octanol–water partition coefficient (Wildman–Crippen LogP) is 5.09. The molecule has 0 aliphatic carbocycles. The third-order valence-electron chi connectivity index (χ3n) is 3.95. The summed E-state index contributed by atoms with van der Waals surface area (Å²) in [5.74, 6) is -1.81. The first-order chi connectivity index (χ1) is 14.6. The maximum absolute atomic E-state index is 12.7. The number of rotatable bonds is 7. The van der Waals surface area contributed by atoms with Gasteiger partial charge in [-0.05, 0) is 25.1 Å². The third kappa shape index (κ3) is 6.25. The number of halogens is 4. The molecule has 1 heterocycles. The SMILES string of the molecule is CC(Cl)C(=O)Nc1cc(C(=O)Cc2nnc(-c3ccccc3)s2)ccc1OC(F)(F)F. The van der Waals surface area contributed by atoms with E-state index in [4.69, 9.17) is 11.6 Å². The molecule has 2 aromatic carbocycles. The van der Waals surface area contributed by atoms with Crippen molar-refractivity contribution >= 4 is 40.3 Å². The normalized spacial score (nSPS) is 12.3. The molecule has 1 aromatic heterocycles. The molecule has 162 valence electrons. The molecule has 3 aromatic rings. The Labute approximate surface area is 184 Å². The Bertz CT molecular complexity index is 1090. The number of hydrogen-bond donors (Lipinski definition) is 1. The van der Waals surface area contributed by atoms with Gasteiger partial charge in [-0.1, -0.05) is 41.7 Å². The lowest BCUT2D eigenvalue weighted by Gasteiger charge is -2.15. The lowest BCUT2D eigenvalue weighted by Crippen LogP contribution is -2.23. The Morgan fingerprint density at radius 3 is 2.52 bits per heavy atom. The fraction of sp³-hybridized carbons (Fsp3) is 0.200. The zero-order valence-electron chi connectivity index (χ0n) is 15.9. The Hall–Kier alpha value is -2.98. The van der Waals surface area contributed by atoms with Crippen molar-refractivity contribution in [1.82, 2.24) is 10.2 Å². The summed E-state index contributed by atoms with van der Waals surface area (Å²) in [5.41, 5.74) is 0.610. The predicted molar refractivity (Wildman–Crippen MR) is 110 cm³/mol. The van der Waals surface area contributed by atoms with Crippen LogP contribution >= 0.6 is 22.9 Å². The van der Waals surface area contributed by atoms with Gasteiger partial charge in [0.05, 0.1) is 12.1 Å². The highest BCUT2D eigenvalue weighted by Crippen LogP contribution is 2.32. The van der Waals surface area contributed by atoms with E-state index in [2.05, 4.69) is 20.3 Å². The topological polar surface area (TPSA) is 81.2 Å². The third-order valence-corrected chi connectivity index (χ3v) is 5.12. The Morgan fingerprint density at radius 2 is 1.87 bits per heavy atom. The number of ketones is 1. The molecule has 0 saturated heterocycles. The van der Waals surface area contributed by atoms with E-state index in [1.165, 1.54) is 24.3 Å². The summed E-state index contributed by atoms with van der Waals surface area (Å²) in [4.78, 5) is 24.5. The van der Waals surface area contributed by atoms with Crippen LogP contribution in [-0.4, -0.2) is 33.6 Å². The van der Waals surface area contributed by atoms with Crippen LogP contribution in [0.2, 0.25) is 0 Å². The van der Waals surface area contributed by atoms with E-state index in [1.54, 1.807) is 0 Å². The van der Waals surface area contributed by atoms with Crippen LogP contribution in [0.4, 0.5) is 18.9 Å². The van der Waals surface area contributed by atoms with Gasteiger partial charge in [0, 0.05) is 11.1 Å². The summed E-state index contributed by atoms with van der Waals surface area (Å²) >= 11 is 6.91. The van der Waals surface area contributed by atoms with Crippen LogP contribution < -0.4 is 10.1 Å². The first-order valence-corrected chi connectivity index (χ1v) is 10.1. The number of benzene rings is 2. The Balaban J connectivity index is 1.82. The Morgan fingerprint density at radius 1 is 1.16 bits per heavy atom. The number of nitrogens with one attached hydrogen (secondary N) is 1. The Kier molecular flexibility index (Phi) is 6.91. The molecule has 0 aliphatic heterocycles. The van der Waals surface area contributed by atoms with Crippen molar-refractivity contribution in [3.8, 4) is 16.3 Å². The van der Waals surface area contributed by atoms with Crippen molar-refractivity contribution in [3.05, 3.63) is 59.1 Å². The first kappa shape index (κ1) is 22.7. The molecular formula is C20H15ClF3N3O3S. The summed E-state index contributed by atoms with van der Waals surface area (Å²) in [6.45, 7) is 1.36. The van der Waals surface area contributed by atoms with Crippen LogP contribution in [0.1, 0.15) is 22.3 Å². The van der Waals surface area contributed by atoms with Crippen LogP contribution in [0.15, 0.2) is 48.5 Å². The number of alkyl halides is 4. The van der Waals surface area contributed by atoms with Crippen LogP contribution in [0.5, 0.6) is 5.75 Å². The average Bonchev–Trinajstić information content (AvgIpc) is 3.17. The number of nitrogens with zero attached hydrogens (tertiary/aromatic N) is 2. The van der Waals surface area contributed by atoms with Gasteiger partial charge in [0.15, 0.2) is 11.5 Å². The first-order valence-electron chi connectivity index (χ1n) is 8.88. The van der Waals surface area contributed by atoms with Crippen molar-refractivity contribution in [1.29, 1.82) is 0 Å². The zero-order chi connectivity index (χ0) is 22.6. The molecular weight excluding hydrogens is 455 g/mol. The van der Waals surface area contributed by atoms with Crippen molar-refractivity contribution in [3.63, 3.8) is 0 Å². The highest BCUT2D eigenvalue weighted by molar-refractivity contribution is 7.14. The van der Waals surface area contributed by atoms with E-state index in [0.717, 1.165) is 17.7 Å². The summed E-state index contributed by atoms with van der Waals surface area (Å²) in [6, 6.07) is 12.5. The molecule has 1 N–H and O–H groups in total. The van der Waals surface area contributed by atoms with Crippen LogP contribution in [-0.2, 0) is 11.2 Å². The average molecular weight is 470 g/mol. The van der Waals surface area contributed by atoms with Gasteiger partial charge in [0.2, 0.25) is 5.91 Å². The maximum atomic E-state index is 12.7. The number of anilines is 1. The summed E-state index contributed by atoms with van der Waals surface area (Å²) in [7, 11) is 0. The molecule has 31 heavy (non-hydrogen) atoms. The minimum Gasteiger partial charge on any atom is -0.404 e. The second-order valence-corrected chi connectivity index (χ2v) is 8.05. The van der Waals surface area contributed by atoms with Crippen LogP contribution in [0.3, 0.4) is 0 Å². The molecule has 1 amide bonds. The molecule has 0 fully saturated rings. The highest BCUT2D eigenvalue weighted by atomic mass is 35.5. The number of Topliss-reactive ketones (excluding diaryl/α,β-unsaturated/α-hetero) is 1. The highest BCUT2D eigenvalue weighted by Gasteiger charge is 2.32. The minimum absolute atomic E-state index is 0.0727. The number of hydrogen-bond acceptors (Lipinski definition) is 6. The second-order valence-electron chi connectivity index (χ2n) is 6.33. The smallest absolute Gasteiger partial charge is 0.404 e. The van der Waals surface area contributed by atoms with Gasteiger partial charge >= 0.3 is 6.36 Å². The number of ether oxygens (including phenoxy) is 1. The van der Waals surface area contributed by atoms with Crippen molar-refractivity contribution in [2.45, 2.75) is 25.1 Å². The molecule has 0 aliphatic rings. The molecule has 0 radical (unpaired) electrons. The zero-order valence-corrected chi connectivity index (χ0v) is 17.5. The van der Waals surface area contributed by atoms with E-state index in [9.17, 15) is 22.8 Å². The van der Waals surface area contributed by atoms with Crippen molar-refractivity contribution in [2.75, 3.05) is 5.32 Å². The quantitative estimate of drug-likeness (QED) is 0.385. The number of carbonyl (C=O) groups is 2. The van der Waals surface area contributed by atoms with Gasteiger partial charge in [0.1, 0.15) is 15.4 Å². The monoisotopic (exact) mass is 469 g/mol. The summed E-state index contributed by atoms with van der Waals surface area (Å²) in [5, 5.41) is 10.4. The van der Waals surface area contributed by atoms with E-state index < -0.39 is 29.2 Å². The van der Waals surface area contributed by atoms with Gasteiger partial charge in [-0.2, -0.15) is 0 Å². The van der Waals surface area contributed by atoms with Crippen LogP contribution in [0, 0.1) is 0 Å². The molecule has 0 spiro atoms. The molecule has 1 unspecified atom stereocenters. The van der Waals surface area contributed by atoms with E-state index in [-0.39, 0.29) is 17.7 Å². The summed E-state index contributed by atoms with van der Waals surface area (Å²) < 4.78 is 41.9. The maximum Gasteiger partial charge on any atom is 0.573 e. The van der Waals surface area contributed by atoms with Gasteiger partial charge < -0.3 is 10.1 Å². The van der Waals surface area contributed by atoms with Gasteiger partial charge in [-0.3, -0.25) is 9.59 Å². The molecule has 0 saturated carbocycles. The fourth-order valence-electron chi connectivity index (χ4n) is 2.51. The second kappa shape index (κ2) is 9.44. The van der Waals surface area contributed by atoms with Crippen LogP contribution in [0.25, 0.3) is 10.6 Å². The number of amides is 1. The van der Waals surface area contributed by atoms with E-state index >= 15 is 0 Å². The fourth-order valence-corrected chi connectivity index (χ4v) is 3.41. The standard InChI is InChI=1S/C20H15ClF3N3O3S/c1-11(21)18(29)25-14-9-13(7-8-16(14)30-20(22,23)24)15(28)10-17-26-27-19(31-17)12-5-3-2-4-6-12/h2-9,11H,10H2,1H3,(H,25,29). The lowest BCUT2D eigenvalue weighted by atomic mass is 10.1. The largest absolute Gasteiger partial charge is 0.573 e.